The molecule has 0 bridgehead atoms. The molecule has 264 valence electrons. The van der Waals surface area contributed by atoms with Crippen molar-refractivity contribution in [2.24, 2.45) is 58.2 Å². The lowest BCUT2D eigenvalue weighted by Gasteiger charge is -2.64. The number of ether oxygens (including phenoxy) is 1. The molecule has 2 aliphatic carbocycles. The van der Waals surface area contributed by atoms with Gasteiger partial charge >= 0.3 is 0 Å². The first-order valence-corrected chi connectivity index (χ1v) is 19.4. The lowest BCUT2D eigenvalue weighted by Crippen LogP contribution is -2.67. The molecule has 0 amide bonds. The van der Waals surface area contributed by atoms with Crippen molar-refractivity contribution in [1.82, 2.24) is 19.6 Å². The Kier molecular flexibility index (Phi) is 12.7. The zero-order valence-electron chi connectivity index (χ0n) is 32.5. The fraction of sp³-hybridized carbons (Fsp3) is 1.00. The first-order valence-electron chi connectivity index (χ1n) is 19.4. The maximum atomic E-state index is 5.88. The van der Waals surface area contributed by atoms with Gasteiger partial charge in [0.1, 0.15) is 0 Å². The van der Waals surface area contributed by atoms with Crippen LogP contribution in [0.4, 0.5) is 0 Å². The van der Waals surface area contributed by atoms with Crippen LogP contribution < -0.4 is 0 Å². The third kappa shape index (κ3) is 9.08. The fourth-order valence-corrected chi connectivity index (χ4v) is 10.2. The summed E-state index contributed by atoms with van der Waals surface area (Å²) in [6, 6.07) is 0.854. The summed E-state index contributed by atoms with van der Waals surface area (Å²) in [7, 11) is 8.87. The van der Waals surface area contributed by atoms with Crippen LogP contribution in [-0.4, -0.2) is 112 Å². The molecule has 5 saturated heterocycles. The van der Waals surface area contributed by atoms with Gasteiger partial charge < -0.3 is 24.3 Å². The van der Waals surface area contributed by atoms with Gasteiger partial charge in [-0.15, -0.1) is 0 Å². The number of likely N-dealkylation sites (N-methyl/N-ethyl adjacent to an activating group) is 1. The highest BCUT2D eigenvalue weighted by atomic mass is 16.5. The number of rotatable bonds is 4. The molecule has 0 aromatic carbocycles. The van der Waals surface area contributed by atoms with Crippen LogP contribution >= 0.6 is 0 Å². The molecule has 5 aliphatic heterocycles. The molecule has 45 heavy (non-hydrogen) atoms. The Morgan fingerprint density at radius 1 is 0.578 bits per heavy atom. The largest absolute Gasteiger partial charge is 0.372 e. The van der Waals surface area contributed by atoms with E-state index in [1.165, 1.54) is 77.7 Å². The Morgan fingerprint density at radius 2 is 1.13 bits per heavy atom. The third-order valence-corrected chi connectivity index (χ3v) is 14.0. The standard InChI is InChI=1S/2C11H21N.C10H19NO.C8H17N/c1-8(2)10-5-11(6-10)7-12(4)9(11)3;1-9(2)10-4-5-11(6-10)7-12(3)8-11;1-8(2)9-4-10(12-5-9)6-11(3)7-10;1-7(2)8-4-5-9(3)6-8/h8-10H,5-7H2,1-4H3;9-10H,4-8H2,1-3H3;8-9H,4-7H2,1-3H3;7-8H,4-6H2,1-3H3. The van der Waals surface area contributed by atoms with Crippen LogP contribution in [0, 0.1) is 58.2 Å². The molecule has 5 heterocycles. The summed E-state index contributed by atoms with van der Waals surface area (Å²) < 4.78 is 5.88. The molecule has 0 radical (unpaired) electrons. The highest BCUT2D eigenvalue weighted by Crippen LogP contribution is 2.57. The van der Waals surface area contributed by atoms with Crippen molar-refractivity contribution in [3.63, 3.8) is 0 Å². The van der Waals surface area contributed by atoms with E-state index in [2.05, 4.69) is 110 Å². The average Bonchev–Trinajstić information content (AvgIpc) is 3.65. The molecule has 7 fully saturated rings. The van der Waals surface area contributed by atoms with Crippen LogP contribution in [0.5, 0.6) is 0 Å². The van der Waals surface area contributed by atoms with Gasteiger partial charge in [0.25, 0.3) is 0 Å². The summed E-state index contributed by atoms with van der Waals surface area (Å²) in [4.78, 5) is 9.70. The molecule has 0 N–H and O–H groups in total. The molecule has 7 rings (SSSR count). The van der Waals surface area contributed by atoms with Gasteiger partial charge in [0.05, 0.1) is 12.2 Å². The zero-order valence-corrected chi connectivity index (χ0v) is 32.5. The lowest BCUT2D eigenvalue weighted by molar-refractivity contribution is -0.141. The van der Waals surface area contributed by atoms with Crippen LogP contribution in [0.3, 0.4) is 0 Å². The third-order valence-electron chi connectivity index (χ3n) is 14.0. The van der Waals surface area contributed by atoms with Crippen molar-refractivity contribution < 1.29 is 4.74 Å². The summed E-state index contributed by atoms with van der Waals surface area (Å²) in [6.07, 6.45) is 10.2. The zero-order chi connectivity index (χ0) is 33.3. The average molecular weight is 631 g/mol. The maximum Gasteiger partial charge on any atom is 0.0938 e. The molecular weight excluding hydrogens is 552 g/mol. The highest BCUT2D eigenvalue weighted by molar-refractivity contribution is 5.09. The van der Waals surface area contributed by atoms with Crippen molar-refractivity contribution in [1.29, 1.82) is 0 Å². The van der Waals surface area contributed by atoms with E-state index in [1.54, 1.807) is 0 Å². The Labute approximate surface area is 281 Å². The van der Waals surface area contributed by atoms with Gasteiger partial charge in [-0.05, 0) is 145 Å². The first kappa shape index (κ1) is 37.6. The van der Waals surface area contributed by atoms with Gasteiger partial charge in [-0.2, -0.15) is 0 Å². The van der Waals surface area contributed by atoms with E-state index in [0.717, 1.165) is 83.9 Å². The molecule has 7 aliphatic rings. The molecule has 0 aromatic rings. The normalized spacial score (nSPS) is 37.1. The van der Waals surface area contributed by atoms with Crippen molar-refractivity contribution in [2.75, 3.05) is 80.6 Å². The fourth-order valence-electron chi connectivity index (χ4n) is 10.2. The Hall–Kier alpha value is -0.200. The molecule has 5 heteroatoms. The van der Waals surface area contributed by atoms with Gasteiger partial charge in [-0.25, -0.2) is 0 Å². The summed E-state index contributed by atoms with van der Waals surface area (Å²) >= 11 is 0. The second-order valence-electron chi connectivity index (χ2n) is 19.2. The smallest absolute Gasteiger partial charge is 0.0938 e. The number of hydrogen-bond donors (Lipinski definition) is 0. The molecule has 4 atom stereocenters. The SMILES string of the molecule is CC(C)C1CC2(C1)CN(C)C2C.CC(C)C1CCC2(C1)CN(C)C2.CC(C)C1CCN(C)C1.CC(C)C1COC2(C1)CN(C)C2. The molecule has 5 nitrogen and oxygen atoms in total. The van der Waals surface area contributed by atoms with Crippen molar-refractivity contribution in [3.8, 4) is 0 Å². The van der Waals surface area contributed by atoms with Gasteiger partial charge in [0.2, 0.25) is 0 Å². The minimum absolute atomic E-state index is 0.268. The van der Waals surface area contributed by atoms with Gasteiger partial charge in [-0.3, -0.25) is 0 Å². The molecular formula is C40H78N4O. The molecule has 4 unspecified atom stereocenters. The summed E-state index contributed by atoms with van der Waals surface area (Å²) in [5.74, 6) is 7.32. The van der Waals surface area contributed by atoms with E-state index in [4.69, 9.17) is 4.74 Å². The molecule has 0 aromatic heterocycles. The second-order valence-corrected chi connectivity index (χ2v) is 19.2. The molecule has 2 saturated carbocycles. The number of likely N-dealkylation sites (tertiary alicyclic amines) is 4. The summed E-state index contributed by atoms with van der Waals surface area (Å²) in [5.41, 5.74) is 1.79. The van der Waals surface area contributed by atoms with Crippen molar-refractivity contribution in [3.05, 3.63) is 0 Å². The van der Waals surface area contributed by atoms with Crippen LogP contribution in [0.1, 0.15) is 107 Å². The van der Waals surface area contributed by atoms with Gasteiger partial charge in [0.15, 0.2) is 0 Å². The summed E-state index contributed by atoms with van der Waals surface area (Å²) in [5, 5.41) is 0. The molecule has 3 spiro atoms. The first-order chi connectivity index (χ1) is 21.0. The minimum Gasteiger partial charge on any atom is -0.372 e. The summed E-state index contributed by atoms with van der Waals surface area (Å²) in [6.45, 7) is 31.1. The second kappa shape index (κ2) is 15.1. The number of hydrogen-bond acceptors (Lipinski definition) is 5. The van der Waals surface area contributed by atoms with Crippen LogP contribution in [0.15, 0.2) is 0 Å². The number of nitrogens with zero attached hydrogens (tertiary/aromatic N) is 4. The predicted molar refractivity (Wildman–Crippen MR) is 194 cm³/mol. The van der Waals surface area contributed by atoms with E-state index in [-0.39, 0.29) is 5.60 Å². The van der Waals surface area contributed by atoms with E-state index >= 15 is 0 Å². The van der Waals surface area contributed by atoms with Crippen LogP contribution in [-0.2, 0) is 4.74 Å². The Morgan fingerprint density at radius 3 is 1.49 bits per heavy atom. The van der Waals surface area contributed by atoms with E-state index in [1.807, 2.05) is 0 Å². The highest BCUT2D eigenvalue weighted by Gasteiger charge is 2.56. The predicted octanol–water partition coefficient (Wildman–Crippen LogP) is 7.70. The van der Waals surface area contributed by atoms with E-state index in [9.17, 15) is 0 Å². The maximum absolute atomic E-state index is 5.88. The van der Waals surface area contributed by atoms with Crippen LogP contribution in [0.2, 0.25) is 0 Å². The van der Waals surface area contributed by atoms with E-state index in [0.29, 0.717) is 0 Å². The van der Waals surface area contributed by atoms with Crippen molar-refractivity contribution >= 4 is 0 Å². The monoisotopic (exact) mass is 631 g/mol. The van der Waals surface area contributed by atoms with Crippen molar-refractivity contribution in [2.45, 2.75) is 119 Å². The van der Waals surface area contributed by atoms with Crippen LogP contribution in [0.25, 0.3) is 0 Å². The van der Waals surface area contributed by atoms with Gasteiger partial charge in [-0.1, -0.05) is 55.4 Å². The van der Waals surface area contributed by atoms with Gasteiger partial charge in [0, 0.05) is 45.3 Å². The topological polar surface area (TPSA) is 22.2 Å². The Balaban J connectivity index is 0.000000137. The minimum atomic E-state index is 0.268. The quantitative estimate of drug-likeness (QED) is 0.317. The Bertz CT molecular complexity index is 858. The lowest BCUT2D eigenvalue weighted by atomic mass is 9.52. The van der Waals surface area contributed by atoms with E-state index < -0.39 is 0 Å².